The van der Waals surface area contributed by atoms with E-state index in [2.05, 4.69) is 24.3 Å². The molecule has 2 aliphatic rings. The molecule has 4 heteroatoms. The number of esters is 2. The van der Waals surface area contributed by atoms with Gasteiger partial charge in [0.1, 0.15) is 0 Å². The molecular weight excluding hydrogens is 376 g/mol. The molecule has 0 unspecified atom stereocenters. The summed E-state index contributed by atoms with van der Waals surface area (Å²) in [6.07, 6.45) is 9.21. The molecule has 30 heavy (non-hydrogen) atoms. The summed E-state index contributed by atoms with van der Waals surface area (Å²) in [5.74, 6) is -0.391. The molecule has 0 N–H and O–H groups in total. The van der Waals surface area contributed by atoms with E-state index < -0.39 is 0 Å². The Morgan fingerprint density at radius 1 is 0.567 bits per heavy atom. The SMILES string of the molecule is O=C1OCCCC/C1=C\c1ccc(-c2ccc(/C=C3\CCCCOC3=O)cc2)cc1. The zero-order valence-corrected chi connectivity index (χ0v) is 17.1. The van der Waals surface area contributed by atoms with Gasteiger partial charge in [-0.3, -0.25) is 0 Å². The van der Waals surface area contributed by atoms with Gasteiger partial charge >= 0.3 is 11.9 Å². The summed E-state index contributed by atoms with van der Waals surface area (Å²) in [6.45, 7) is 1.03. The highest BCUT2D eigenvalue weighted by Gasteiger charge is 2.15. The second kappa shape index (κ2) is 9.57. The minimum Gasteiger partial charge on any atom is -0.462 e. The molecule has 154 valence electrons. The fraction of sp³-hybridized carbons (Fsp3) is 0.308. The van der Waals surface area contributed by atoms with Crippen molar-refractivity contribution in [2.75, 3.05) is 13.2 Å². The highest BCUT2D eigenvalue weighted by Crippen LogP contribution is 2.24. The van der Waals surface area contributed by atoms with Crippen LogP contribution in [0.4, 0.5) is 0 Å². The third kappa shape index (κ3) is 5.07. The quantitative estimate of drug-likeness (QED) is 0.497. The normalized spacial score (nSPS) is 20.4. The first-order valence-corrected chi connectivity index (χ1v) is 10.6. The van der Waals surface area contributed by atoms with Gasteiger partial charge in [0.05, 0.1) is 13.2 Å². The van der Waals surface area contributed by atoms with Crippen LogP contribution < -0.4 is 0 Å². The smallest absolute Gasteiger partial charge is 0.334 e. The van der Waals surface area contributed by atoms with Crippen LogP contribution in [0, 0.1) is 0 Å². The predicted molar refractivity (Wildman–Crippen MR) is 117 cm³/mol. The first-order valence-electron chi connectivity index (χ1n) is 10.6. The summed E-state index contributed by atoms with van der Waals surface area (Å²) in [5, 5.41) is 0. The number of cyclic esters (lactones) is 2. The summed E-state index contributed by atoms with van der Waals surface area (Å²) in [6, 6.07) is 16.3. The fourth-order valence-electron chi connectivity index (χ4n) is 3.76. The van der Waals surface area contributed by atoms with Crippen molar-refractivity contribution in [1.29, 1.82) is 0 Å². The monoisotopic (exact) mass is 402 g/mol. The summed E-state index contributed by atoms with van der Waals surface area (Å²) >= 11 is 0. The lowest BCUT2D eigenvalue weighted by Gasteiger charge is -2.06. The zero-order valence-electron chi connectivity index (χ0n) is 17.1. The maximum Gasteiger partial charge on any atom is 0.334 e. The largest absolute Gasteiger partial charge is 0.462 e. The van der Waals surface area contributed by atoms with Crippen LogP contribution in [0.3, 0.4) is 0 Å². The van der Waals surface area contributed by atoms with Gasteiger partial charge in [-0.05, 0) is 72.9 Å². The Labute approximate surface area is 177 Å². The predicted octanol–water partition coefficient (Wildman–Crippen LogP) is 5.57. The van der Waals surface area contributed by atoms with Crippen LogP contribution in [0.5, 0.6) is 0 Å². The number of ether oxygens (including phenoxy) is 2. The average Bonchev–Trinajstić information content (AvgIpc) is 3.10. The maximum atomic E-state index is 12.0. The minimum absolute atomic E-state index is 0.196. The molecule has 0 aromatic heterocycles. The van der Waals surface area contributed by atoms with Crippen molar-refractivity contribution in [3.63, 3.8) is 0 Å². The lowest BCUT2D eigenvalue weighted by atomic mass is 10.00. The van der Waals surface area contributed by atoms with Crippen molar-refractivity contribution >= 4 is 24.1 Å². The van der Waals surface area contributed by atoms with Crippen molar-refractivity contribution in [2.24, 2.45) is 0 Å². The molecule has 0 radical (unpaired) electrons. The maximum absolute atomic E-state index is 12.0. The van der Waals surface area contributed by atoms with Crippen LogP contribution in [0.25, 0.3) is 23.3 Å². The Morgan fingerprint density at radius 3 is 1.37 bits per heavy atom. The molecule has 2 aromatic carbocycles. The van der Waals surface area contributed by atoms with E-state index in [1.807, 2.05) is 36.4 Å². The molecular formula is C26H26O4. The standard InChI is InChI=1S/C26H26O4/c27-25-23(5-1-3-15-29-25)17-19-7-11-21(12-8-19)22-13-9-20(10-14-22)18-24-6-2-4-16-30-26(24)28/h7-14,17-18H,1-6,15-16H2/b23-17+,24-18+. The molecule has 2 fully saturated rings. The van der Waals surface area contributed by atoms with Gasteiger partial charge in [0.2, 0.25) is 0 Å². The number of benzene rings is 2. The number of carbonyl (C=O) groups is 2. The van der Waals surface area contributed by atoms with Crippen molar-refractivity contribution < 1.29 is 19.1 Å². The van der Waals surface area contributed by atoms with Crippen LogP contribution in [0.15, 0.2) is 59.7 Å². The Hall–Kier alpha value is -3.14. The lowest BCUT2D eigenvalue weighted by Crippen LogP contribution is -2.04. The van der Waals surface area contributed by atoms with E-state index in [1.165, 1.54) is 0 Å². The van der Waals surface area contributed by atoms with Crippen molar-refractivity contribution in [3.05, 3.63) is 70.8 Å². The first kappa shape index (κ1) is 20.1. The van der Waals surface area contributed by atoms with E-state index in [0.717, 1.165) is 71.9 Å². The summed E-state index contributed by atoms with van der Waals surface area (Å²) in [5.41, 5.74) is 5.70. The van der Waals surface area contributed by atoms with Gasteiger partial charge in [0, 0.05) is 11.1 Å². The molecule has 0 aliphatic carbocycles. The Balaban J connectivity index is 1.48. The fourth-order valence-corrected chi connectivity index (χ4v) is 3.76. The van der Waals surface area contributed by atoms with E-state index in [-0.39, 0.29) is 11.9 Å². The van der Waals surface area contributed by atoms with E-state index >= 15 is 0 Å². The highest BCUT2D eigenvalue weighted by atomic mass is 16.5. The van der Waals surface area contributed by atoms with Gasteiger partial charge in [-0.15, -0.1) is 0 Å². The molecule has 0 amide bonds. The number of hydrogen-bond donors (Lipinski definition) is 0. The van der Waals surface area contributed by atoms with Crippen LogP contribution >= 0.6 is 0 Å². The van der Waals surface area contributed by atoms with Gasteiger partial charge in [-0.1, -0.05) is 48.5 Å². The number of rotatable bonds is 3. The molecule has 4 rings (SSSR count). The molecule has 2 aliphatic heterocycles. The molecule has 0 spiro atoms. The molecule has 2 saturated heterocycles. The molecule has 0 bridgehead atoms. The second-order valence-electron chi connectivity index (χ2n) is 7.77. The number of carbonyl (C=O) groups excluding carboxylic acids is 2. The second-order valence-corrected chi connectivity index (χ2v) is 7.77. The van der Waals surface area contributed by atoms with E-state index in [9.17, 15) is 9.59 Å². The Bertz CT molecular complexity index is 884. The van der Waals surface area contributed by atoms with Crippen molar-refractivity contribution in [2.45, 2.75) is 38.5 Å². The van der Waals surface area contributed by atoms with Crippen molar-refractivity contribution in [3.8, 4) is 11.1 Å². The lowest BCUT2D eigenvalue weighted by molar-refractivity contribution is -0.139. The summed E-state index contributed by atoms with van der Waals surface area (Å²) < 4.78 is 10.4. The Morgan fingerprint density at radius 2 is 0.967 bits per heavy atom. The number of hydrogen-bond acceptors (Lipinski definition) is 4. The van der Waals surface area contributed by atoms with Crippen LogP contribution in [-0.2, 0) is 19.1 Å². The van der Waals surface area contributed by atoms with Gasteiger partial charge in [0.25, 0.3) is 0 Å². The topological polar surface area (TPSA) is 52.6 Å². The third-order valence-electron chi connectivity index (χ3n) is 5.51. The van der Waals surface area contributed by atoms with E-state index in [0.29, 0.717) is 13.2 Å². The van der Waals surface area contributed by atoms with Crippen LogP contribution in [-0.4, -0.2) is 25.2 Å². The van der Waals surface area contributed by atoms with E-state index in [4.69, 9.17) is 9.47 Å². The van der Waals surface area contributed by atoms with Crippen LogP contribution in [0.2, 0.25) is 0 Å². The summed E-state index contributed by atoms with van der Waals surface area (Å²) in [4.78, 5) is 24.0. The molecule has 0 saturated carbocycles. The van der Waals surface area contributed by atoms with Crippen molar-refractivity contribution in [1.82, 2.24) is 0 Å². The minimum atomic E-state index is -0.196. The van der Waals surface area contributed by atoms with Gasteiger partial charge in [-0.2, -0.15) is 0 Å². The molecule has 4 nitrogen and oxygen atoms in total. The van der Waals surface area contributed by atoms with E-state index in [1.54, 1.807) is 0 Å². The first-order chi connectivity index (χ1) is 14.7. The van der Waals surface area contributed by atoms with Gasteiger partial charge in [0.15, 0.2) is 0 Å². The molecule has 0 atom stereocenters. The summed E-state index contributed by atoms with van der Waals surface area (Å²) in [7, 11) is 0. The van der Waals surface area contributed by atoms with Gasteiger partial charge < -0.3 is 9.47 Å². The molecule has 2 aromatic rings. The highest BCUT2D eigenvalue weighted by molar-refractivity contribution is 5.94. The van der Waals surface area contributed by atoms with Gasteiger partial charge in [-0.25, -0.2) is 9.59 Å². The zero-order chi connectivity index (χ0) is 20.8. The average molecular weight is 402 g/mol. The molecule has 2 heterocycles. The Kier molecular flexibility index (Phi) is 6.43. The third-order valence-corrected chi connectivity index (χ3v) is 5.51. The van der Waals surface area contributed by atoms with Crippen LogP contribution in [0.1, 0.15) is 49.7 Å².